The molecule has 0 unspecified atom stereocenters. The number of amides is 1. The van der Waals surface area contributed by atoms with Gasteiger partial charge in [-0.05, 0) is 31.9 Å². The molecule has 1 saturated heterocycles. The summed E-state index contributed by atoms with van der Waals surface area (Å²) in [5, 5.41) is -0.626. The van der Waals surface area contributed by atoms with Gasteiger partial charge in [-0.25, -0.2) is 0 Å². The smallest absolute Gasteiger partial charge is 0.295 e. The van der Waals surface area contributed by atoms with Gasteiger partial charge < -0.3 is 9.64 Å². The Kier molecular flexibility index (Phi) is 6.99. The standard InChI is InChI=1S/C25H23NO12S3/c1-13(27)14-6-8-26(9-7-14)23(28)12-38-19-10-20(39(29,30)31)16-4-5-18-22(41(35,36)37)11-21(40(32,33)34)17-3-2-15(19)24(16)25(17)18/h2-5,10-11,14H,6-9,12H2,1H3,(H,29,30,31)(H,32,33,34)(H,35,36,37). The molecule has 5 rings (SSSR count). The predicted molar refractivity (Wildman–Crippen MR) is 145 cm³/mol. The van der Waals surface area contributed by atoms with E-state index >= 15 is 0 Å². The number of carbonyl (C=O) groups excluding carboxylic acids is 2. The summed E-state index contributed by atoms with van der Waals surface area (Å²) < 4.78 is 109. The second-order valence-corrected chi connectivity index (χ2v) is 14.0. The molecule has 0 saturated carbocycles. The molecule has 41 heavy (non-hydrogen) atoms. The SMILES string of the molecule is CC(=O)C1CCN(C(=O)COc2cc(S(=O)(=O)O)c3ccc4c(S(=O)(=O)O)cc(S(=O)(=O)O)c5ccc2c3c54)CC1. The highest BCUT2D eigenvalue weighted by molar-refractivity contribution is 7.87. The molecule has 1 fully saturated rings. The third-order valence-corrected chi connectivity index (χ3v) is 10.0. The highest BCUT2D eigenvalue weighted by atomic mass is 32.2. The van der Waals surface area contributed by atoms with E-state index in [-0.39, 0.29) is 49.8 Å². The van der Waals surface area contributed by atoms with E-state index in [0.717, 1.165) is 12.1 Å². The van der Waals surface area contributed by atoms with Gasteiger partial charge >= 0.3 is 0 Å². The average Bonchev–Trinajstić information content (AvgIpc) is 2.88. The zero-order chi connectivity index (χ0) is 30.1. The minimum Gasteiger partial charge on any atom is -0.483 e. The first-order chi connectivity index (χ1) is 19.0. The molecule has 4 aromatic carbocycles. The third-order valence-electron chi connectivity index (χ3n) is 7.35. The summed E-state index contributed by atoms with van der Waals surface area (Å²) in [4.78, 5) is 23.6. The predicted octanol–water partition coefficient (Wildman–Crippen LogP) is 2.53. The normalized spacial score (nSPS) is 15.7. The van der Waals surface area contributed by atoms with Crippen LogP contribution in [-0.2, 0) is 39.9 Å². The number of nitrogens with zero attached hydrogens (tertiary/aromatic N) is 1. The fourth-order valence-electron chi connectivity index (χ4n) is 5.39. The Morgan fingerprint density at radius 3 is 1.61 bits per heavy atom. The van der Waals surface area contributed by atoms with Gasteiger partial charge in [-0.1, -0.05) is 18.2 Å². The molecule has 218 valence electrons. The largest absolute Gasteiger partial charge is 0.483 e. The topological polar surface area (TPSA) is 210 Å². The van der Waals surface area contributed by atoms with Crippen molar-refractivity contribution in [2.24, 2.45) is 5.92 Å². The number of Topliss-reactive ketones (excluding diaryl/α,β-unsaturated/α-hetero) is 1. The van der Waals surface area contributed by atoms with Crippen LogP contribution in [0.2, 0.25) is 0 Å². The Bertz CT molecular complexity index is 2030. The maximum Gasteiger partial charge on any atom is 0.295 e. The van der Waals surface area contributed by atoms with E-state index in [2.05, 4.69) is 0 Å². The van der Waals surface area contributed by atoms with Gasteiger partial charge in [0.15, 0.2) is 6.61 Å². The van der Waals surface area contributed by atoms with Crippen molar-refractivity contribution in [3.8, 4) is 5.75 Å². The maximum atomic E-state index is 12.9. The molecule has 0 spiro atoms. The summed E-state index contributed by atoms with van der Waals surface area (Å²) >= 11 is 0. The lowest BCUT2D eigenvalue weighted by molar-refractivity contribution is -0.136. The number of hydrogen-bond acceptors (Lipinski definition) is 9. The third kappa shape index (κ3) is 5.22. The van der Waals surface area contributed by atoms with Gasteiger partial charge in [-0.2, -0.15) is 25.3 Å². The first-order valence-corrected chi connectivity index (χ1v) is 16.4. The fourth-order valence-corrected chi connectivity index (χ4v) is 7.60. The first-order valence-electron chi connectivity index (χ1n) is 12.1. The van der Waals surface area contributed by atoms with Crippen LogP contribution in [0.4, 0.5) is 0 Å². The number of rotatable bonds is 7. The van der Waals surface area contributed by atoms with Crippen LogP contribution in [-0.4, -0.2) is 75.2 Å². The minimum atomic E-state index is -5.05. The van der Waals surface area contributed by atoms with Crippen LogP contribution in [0.3, 0.4) is 0 Å². The van der Waals surface area contributed by atoms with E-state index in [9.17, 15) is 48.5 Å². The van der Waals surface area contributed by atoms with Crippen molar-refractivity contribution < 1.29 is 53.2 Å². The Morgan fingerprint density at radius 2 is 1.17 bits per heavy atom. The van der Waals surface area contributed by atoms with Crippen molar-refractivity contribution in [2.45, 2.75) is 34.5 Å². The maximum absolute atomic E-state index is 12.9. The zero-order valence-electron chi connectivity index (χ0n) is 21.3. The van der Waals surface area contributed by atoms with Crippen LogP contribution in [0.15, 0.2) is 51.1 Å². The summed E-state index contributed by atoms with van der Waals surface area (Å²) in [5.41, 5.74) is 0. The van der Waals surface area contributed by atoms with Crippen LogP contribution in [0, 0.1) is 5.92 Å². The molecule has 16 heteroatoms. The van der Waals surface area contributed by atoms with Crippen LogP contribution in [0.5, 0.6) is 5.75 Å². The van der Waals surface area contributed by atoms with Gasteiger partial charge in [0, 0.05) is 57.4 Å². The number of carbonyl (C=O) groups is 2. The van der Waals surface area contributed by atoms with Crippen LogP contribution in [0.1, 0.15) is 19.8 Å². The van der Waals surface area contributed by atoms with Crippen molar-refractivity contribution in [2.75, 3.05) is 19.7 Å². The number of ether oxygens (including phenoxy) is 1. The first kappa shape index (κ1) is 29.1. The summed E-state index contributed by atoms with van der Waals surface area (Å²) in [5.74, 6) is -0.755. The summed E-state index contributed by atoms with van der Waals surface area (Å²) in [7, 11) is -15.0. The molecule has 1 heterocycles. The Labute approximate surface area is 234 Å². The molecule has 0 aromatic heterocycles. The molecule has 0 bridgehead atoms. The summed E-state index contributed by atoms with van der Waals surface area (Å²) in [6.45, 7) is 1.58. The van der Waals surface area contributed by atoms with Crippen molar-refractivity contribution >= 4 is 74.4 Å². The van der Waals surface area contributed by atoms with E-state index < -0.39 is 57.6 Å². The second kappa shape index (κ2) is 9.85. The number of hydrogen-bond donors (Lipinski definition) is 3. The number of piperidine rings is 1. The molecule has 1 aliphatic heterocycles. The van der Waals surface area contributed by atoms with Crippen LogP contribution in [0.25, 0.3) is 32.3 Å². The van der Waals surface area contributed by atoms with Gasteiger partial charge in [-0.15, -0.1) is 0 Å². The number of ketones is 1. The lowest BCUT2D eigenvalue weighted by Crippen LogP contribution is -2.42. The monoisotopic (exact) mass is 625 g/mol. The number of benzene rings is 4. The van der Waals surface area contributed by atoms with Crippen LogP contribution < -0.4 is 4.74 Å². The van der Waals surface area contributed by atoms with Crippen molar-refractivity contribution in [1.82, 2.24) is 4.90 Å². The van der Waals surface area contributed by atoms with E-state index in [1.54, 1.807) is 0 Å². The lowest BCUT2D eigenvalue weighted by Gasteiger charge is -2.30. The Hall–Kier alpha value is -3.41. The summed E-state index contributed by atoms with van der Waals surface area (Å²) in [6.07, 6.45) is 0.970. The highest BCUT2D eigenvalue weighted by Crippen LogP contribution is 2.45. The molecule has 1 aliphatic rings. The quantitative estimate of drug-likeness (QED) is 0.200. The average molecular weight is 626 g/mol. The minimum absolute atomic E-state index is 0.0362. The van der Waals surface area contributed by atoms with Gasteiger partial charge in [-0.3, -0.25) is 23.2 Å². The van der Waals surface area contributed by atoms with Crippen molar-refractivity contribution in [3.63, 3.8) is 0 Å². The molecule has 0 radical (unpaired) electrons. The fraction of sp³-hybridized carbons (Fsp3) is 0.280. The van der Waals surface area contributed by atoms with Crippen molar-refractivity contribution in [1.29, 1.82) is 0 Å². The molecular weight excluding hydrogens is 602 g/mol. The molecule has 3 N–H and O–H groups in total. The molecule has 0 aliphatic carbocycles. The zero-order valence-corrected chi connectivity index (χ0v) is 23.7. The molecule has 1 amide bonds. The van der Waals surface area contributed by atoms with Crippen molar-refractivity contribution in [3.05, 3.63) is 36.4 Å². The van der Waals surface area contributed by atoms with E-state index in [1.165, 1.54) is 30.0 Å². The van der Waals surface area contributed by atoms with E-state index in [4.69, 9.17) is 4.74 Å². The van der Waals surface area contributed by atoms with E-state index in [1.807, 2.05) is 0 Å². The number of likely N-dealkylation sites (tertiary alicyclic amines) is 1. The Balaban J connectivity index is 1.72. The Morgan fingerprint density at radius 1 is 0.756 bits per heavy atom. The van der Waals surface area contributed by atoms with Gasteiger partial charge in [0.2, 0.25) is 0 Å². The van der Waals surface area contributed by atoms with Gasteiger partial charge in [0.25, 0.3) is 36.3 Å². The van der Waals surface area contributed by atoms with E-state index in [0.29, 0.717) is 32.0 Å². The molecule has 13 nitrogen and oxygen atoms in total. The lowest BCUT2D eigenvalue weighted by atomic mass is 9.93. The molecular formula is C25H23NO12S3. The van der Waals surface area contributed by atoms with Gasteiger partial charge in [0.1, 0.15) is 26.2 Å². The molecule has 4 aromatic rings. The van der Waals surface area contributed by atoms with Crippen LogP contribution >= 0.6 is 0 Å². The van der Waals surface area contributed by atoms with Gasteiger partial charge in [0.05, 0.1) is 0 Å². The molecule has 0 atom stereocenters. The second-order valence-electron chi connectivity index (χ2n) is 9.80. The summed E-state index contributed by atoms with van der Waals surface area (Å²) in [6, 6.07) is 6.43. The highest BCUT2D eigenvalue weighted by Gasteiger charge is 2.29.